The van der Waals surface area contributed by atoms with Crippen LogP contribution < -0.4 is 10.1 Å². The fourth-order valence-electron chi connectivity index (χ4n) is 2.26. The number of carbonyl (C=O) groups excluding carboxylic acids is 1. The van der Waals surface area contributed by atoms with Crippen molar-refractivity contribution < 1.29 is 19.4 Å². The smallest absolute Gasteiger partial charge is 0.326 e. The van der Waals surface area contributed by atoms with Crippen LogP contribution in [0.15, 0.2) is 24.3 Å². The zero-order chi connectivity index (χ0) is 16.7. The van der Waals surface area contributed by atoms with Gasteiger partial charge >= 0.3 is 5.97 Å². The van der Waals surface area contributed by atoms with Crippen LogP contribution in [-0.2, 0) is 9.59 Å². The third-order valence-electron chi connectivity index (χ3n) is 3.19. The van der Waals surface area contributed by atoms with E-state index in [-0.39, 0.29) is 13.0 Å². The van der Waals surface area contributed by atoms with Crippen molar-refractivity contribution in [1.29, 1.82) is 0 Å². The first kappa shape index (κ1) is 17.8. The monoisotopic (exact) mass is 305 g/mol. The minimum absolute atomic E-state index is 0.204. The van der Waals surface area contributed by atoms with Crippen LogP contribution in [0.1, 0.15) is 30.0 Å². The van der Waals surface area contributed by atoms with Crippen molar-refractivity contribution in [2.45, 2.75) is 40.2 Å². The molecule has 0 bridgehead atoms. The van der Waals surface area contributed by atoms with Gasteiger partial charge in [0.15, 0.2) is 6.61 Å². The molecule has 5 heteroatoms. The fraction of sp³-hybridized carbons (Fsp3) is 0.412. The molecule has 0 heterocycles. The number of rotatable bonds is 7. The average molecular weight is 305 g/mol. The van der Waals surface area contributed by atoms with Gasteiger partial charge in [0, 0.05) is 0 Å². The first-order valence-electron chi connectivity index (χ1n) is 7.19. The molecular weight excluding hydrogens is 282 g/mol. The summed E-state index contributed by atoms with van der Waals surface area (Å²) in [4.78, 5) is 22.9. The molecule has 1 unspecified atom stereocenters. The van der Waals surface area contributed by atoms with E-state index in [1.54, 1.807) is 19.1 Å². The zero-order valence-electron chi connectivity index (χ0n) is 13.5. The molecule has 5 nitrogen and oxygen atoms in total. The fourth-order valence-corrected chi connectivity index (χ4v) is 2.26. The van der Waals surface area contributed by atoms with Crippen molar-refractivity contribution in [2.75, 3.05) is 6.61 Å². The number of hydrogen-bond donors (Lipinski definition) is 2. The summed E-state index contributed by atoms with van der Waals surface area (Å²) in [6.45, 7) is 7.42. The predicted octanol–water partition coefficient (Wildman–Crippen LogP) is 2.53. The highest BCUT2D eigenvalue weighted by Gasteiger charge is 2.19. The standard InChI is InChI=1S/C17H23NO4/c1-5-6-7-14(17(20)21)18-15(19)10-22-16-12(3)8-11(2)9-13(16)4/h5-6,8-9,14H,7,10H2,1-4H3,(H,18,19)(H,20,21)/b6-5+. The number of amides is 1. The van der Waals surface area contributed by atoms with Gasteiger partial charge in [-0.05, 0) is 45.2 Å². The van der Waals surface area contributed by atoms with Crippen molar-refractivity contribution in [2.24, 2.45) is 0 Å². The molecule has 0 aromatic heterocycles. The second kappa shape index (κ2) is 8.22. The number of allylic oxidation sites excluding steroid dienone is 1. The van der Waals surface area contributed by atoms with E-state index in [9.17, 15) is 9.59 Å². The summed E-state index contributed by atoms with van der Waals surface area (Å²) >= 11 is 0. The molecule has 1 aromatic carbocycles. The van der Waals surface area contributed by atoms with Gasteiger partial charge in [-0.1, -0.05) is 29.8 Å². The Kier molecular flexibility index (Phi) is 6.63. The van der Waals surface area contributed by atoms with Gasteiger partial charge in [0.2, 0.25) is 0 Å². The van der Waals surface area contributed by atoms with E-state index in [0.29, 0.717) is 5.75 Å². The second-order valence-corrected chi connectivity index (χ2v) is 5.28. The quantitative estimate of drug-likeness (QED) is 0.759. The van der Waals surface area contributed by atoms with E-state index < -0.39 is 17.9 Å². The van der Waals surface area contributed by atoms with Gasteiger partial charge in [-0.15, -0.1) is 0 Å². The summed E-state index contributed by atoms with van der Waals surface area (Å²) in [5, 5.41) is 11.5. The number of carboxylic acid groups (broad SMARTS) is 1. The topological polar surface area (TPSA) is 75.6 Å². The summed E-state index contributed by atoms with van der Waals surface area (Å²) in [5.41, 5.74) is 3.03. The first-order valence-corrected chi connectivity index (χ1v) is 7.19. The van der Waals surface area contributed by atoms with Crippen LogP contribution in [0.2, 0.25) is 0 Å². The molecule has 2 N–H and O–H groups in total. The van der Waals surface area contributed by atoms with E-state index in [1.165, 1.54) is 0 Å². The lowest BCUT2D eigenvalue weighted by molar-refractivity contribution is -0.142. The van der Waals surface area contributed by atoms with Crippen LogP contribution >= 0.6 is 0 Å². The van der Waals surface area contributed by atoms with E-state index >= 15 is 0 Å². The third kappa shape index (κ3) is 5.24. The van der Waals surface area contributed by atoms with Gasteiger partial charge in [0.1, 0.15) is 11.8 Å². The Hall–Kier alpha value is -2.30. The summed E-state index contributed by atoms with van der Waals surface area (Å²) in [5.74, 6) is -0.841. The van der Waals surface area contributed by atoms with Crippen LogP contribution in [-0.4, -0.2) is 29.6 Å². The lowest BCUT2D eigenvalue weighted by Gasteiger charge is -2.15. The molecule has 1 rings (SSSR count). The average Bonchev–Trinajstić information content (AvgIpc) is 2.41. The molecular formula is C17H23NO4. The number of benzene rings is 1. The van der Waals surface area contributed by atoms with E-state index in [2.05, 4.69) is 5.32 Å². The summed E-state index contributed by atoms with van der Waals surface area (Å²) in [6.07, 6.45) is 3.70. The van der Waals surface area contributed by atoms with E-state index in [1.807, 2.05) is 32.9 Å². The van der Waals surface area contributed by atoms with Gasteiger partial charge < -0.3 is 15.2 Å². The SMILES string of the molecule is C/C=C/CC(NC(=O)COc1c(C)cc(C)cc1C)C(=O)O. The van der Waals surface area contributed by atoms with Crippen LogP contribution in [0.3, 0.4) is 0 Å². The number of ether oxygens (including phenoxy) is 1. The van der Waals surface area contributed by atoms with E-state index in [0.717, 1.165) is 16.7 Å². The maximum absolute atomic E-state index is 11.9. The number of hydrogen-bond acceptors (Lipinski definition) is 3. The van der Waals surface area contributed by atoms with Crippen molar-refractivity contribution in [3.8, 4) is 5.75 Å². The number of aryl methyl sites for hydroxylation is 3. The third-order valence-corrected chi connectivity index (χ3v) is 3.19. The largest absolute Gasteiger partial charge is 0.483 e. The molecule has 0 saturated heterocycles. The molecule has 1 aromatic rings. The highest BCUT2D eigenvalue weighted by molar-refractivity contribution is 5.84. The van der Waals surface area contributed by atoms with Crippen molar-refractivity contribution in [3.05, 3.63) is 41.0 Å². The Bertz CT molecular complexity index is 555. The molecule has 1 atom stereocenters. The van der Waals surface area contributed by atoms with Crippen molar-refractivity contribution in [3.63, 3.8) is 0 Å². The molecule has 22 heavy (non-hydrogen) atoms. The Morgan fingerprint density at radius 2 is 1.86 bits per heavy atom. The van der Waals surface area contributed by atoms with Gasteiger partial charge in [-0.25, -0.2) is 4.79 Å². The summed E-state index contributed by atoms with van der Waals surface area (Å²) in [7, 11) is 0. The minimum Gasteiger partial charge on any atom is -0.483 e. The number of carboxylic acids is 1. The normalized spacial score (nSPS) is 12.2. The molecule has 0 radical (unpaired) electrons. The molecule has 0 aliphatic rings. The molecule has 0 saturated carbocycles. The lowest BCUT2D eigenvalue weighted by Crippen LogP contribution is -2.42. The van der Waals surface area contributed by atoms with Crippen LogP contribution in [0, 0.1) is 20.8 Å². The van der Waals surface area contributed by atoms with Crippen LogP contribution in [0.5, 0.6) is 5.75 Å². The summed E-state index contributed by atoms with van der Waals surface area (Å²) < 4.78 is 5.55. The summed E-state index contributed by atoms with van der Waals surface area (Å²) in [6, 6.07) is 3.02. The Morgan fingerprint density at radius 1 is 1.27 bits per heavy atom. The van der Waals surface area contributed by atoms with Gasteiger partial charge in [-0.3, -0.25) is 4.79 Å². The van der Waals surface area contributed by atoms with Gasteiger partial charge in [0.25, 0.3) is 5.91 Å². The molecule has 0 spiro atoms. The Balaban J connectivity index is 2.64. The number of carbonyl (C=O) groups is 2. The predicted molar refractivity (Wildman–Crippen MR) is 85.1 cm³/mol. The number of nitrogens with one attached hydrogen (secondary N) is 1. The van der Waals surface area contributed by atoms with Crippen molar-refractivity contribution in [1.82, 2.24) is 5.32 Å². The lowest BCUT2D eigenvalue weighted by atomic mass is 10.1. The van der Waals surface area contributed by atoms with Crippen LogP contribution in [0.25, 0.3) is 0 Å². The highest BCUT2D eigenvalue weighted by Crippen LogP contribution is 2.24. The second-order valence-electron chi connectivity index (χ2n) is 5.28. The maximum Gasteiger partial charge on any atom is 0.326 e. The number of aliphatic carboxylic acids is 1. The Morgan fingerprint density at radius 3 is 2.36 bits per heavy atom. The highest BCUT2D eigenvalue weighted by atomic mass is 16.5. The molecule has 120 valence electrons. The molecule has 0 aliphatic carbocycles. The van der Waals surface area contributed by atoms with Gasteiger partial charge in [-0.2, -0.15) is 0 Å². The zero-order valence-corrected chi connectivity index (χ0v) is 13.5. The van der Waals surface area contributed by atoms with Crippen molar-refractivity contribution >= 4 is 11.9 Å². The minimum atomic E-state index is -1.06. The van der Waals surface area contributed by atoms with E-state index in [4.69, 9.17) is 9.84 Å². The molecule has 0 aliphatic heterocycles. The van der Waals surface area contributed by atoms with Crippen LogP contribution in [0.4, 0.5) is 0 Å². The molecule has 0 fully saturated rings. The maximum atomic E-state index is 11.9. The Labute approximate surface area is 131 Å². The first-order chi connectivity index (χ1) is 10.3. The molecule has 1 amide bonds. The van der Waals surface area contributed by atoms with Gasteiger partial charge in [0.05, 0.1) is 0 Å².